The summed E-state index contributed by atoms with van der Waals surface area (Å²) < 4.78 is 8.60. The highest BCUT2D eigenvalue weighted by Gasteiger charge is 2.20. The number of carbonyl (C=O) groups excluding carboxylic acids is 1. The van der Waals surface area contributed by atoms with Gasteiger partial charge in [-0.3, -0.25) is 4.79 Å². The predicted octanol–water partition coefficient (Wildman–Crippen LogP) is 6.24. The first-order chi connectivity index (χ1) is 14.4. The van der Waals surface area contributed by atoms with E-state index in [0.29, 0.717) is 39.0 Å². The molecule has 1 atom stereocenters. The fraction of sp³-hybridized carbons (Fsp3) is 0.250. The SMILES string of the molecule is CCn1c(SCC(=O)Nc2ccc(Cl)c(Br)c2)nnc1[C@H](C)Oc1ccccc1Cl. The first-order valence-corrected chi connectivity index (χ1v) is 11.6. The van der Waals surface area contributed by atoms with E-state index in [-0.39, 0.29) is 17.8 Å². The smallest absolute Gasteiger partial charge is 0.234 e. The minimum Gasteiger partial charge on any atom is -0.481 e. The second-order valence-corrected chi connectivity index (χ2v) is 8.85. The second kappa shape index (κ2) is 10.5. The highest BCUT2D eigenvalue weighted by Crippen LogP contribution is 2.30. The molecule has 0 saturated heterocycles. The second-order valence-electron chi connectivity index (χ2n) is 6.24. The van der Waals surface area contributed by atoms with Gasteiger partial charge in [0.15, 0.2) is 17.1 Å². The summed E-state index contributed by atoms with van der Waals surface area (Å²) in [7, 11) is 0. The Balaban J connectivity index is 1.64. The van der Waals surface area contributed by atoms with Crippen LogP contribution in [0.5, 0.6) is 5.75 Å². The molecule has 10 heteroatoms. The summed E-state index contributed by atoms with van der Waals surface area (Å²) in [6.07, 6.45) is -0.355. The van der Waals surface area contributed by atoms with Gasteiger partial charge in [-0.05, 0) is 60.1 Å². The van der Waals surface area contributed by atoms with Gasteiger partial charge in [-0.25, -0.2) is 0 Å². The number of anilines is 1. The molecule has 3 rings (SSSR count). The van der Waals surface area contributed by atoms with Crippen molar-refractivity contribution in [1.29, 1.82) is 0 Å². The Morgan fingerprint density at radius 2 is 2.00 bits per heavy atom. The Bertz CT molecular complexity index is 1050. The van der Waals surface area contributed by atoms with Gasteiger partial charge in [0, 0.05) is 16.7 Å². The molecule has 1 N–H and O–H groups in total. The Hall–Kier alpha value is -1.74. The van der Waals surface area contributed by atoms with Gasteiger partial charge in [-0.1, -0.05) is 47.1 Å². The molecule has 1 amide bonds. The fourth-order valence-corrected chi connectivity index (χ4v) is 4.18. The van der Waals surface area contributed by atoms with E-state index < -0.39 is 0 Å². The molecule has 0 aliphatic rings. The van der Waals surface area contributed by atoms with Crippen LogP contribution in [0.1, 0.15) is 25.8 Å². The van der Waals surface area contributed by atoms with Crippen LogP contribution < -0.4 is 10.1 Å². The Morgan fingerprint density at radius 3 is 2.70 bits per heavy atom. The van der Waals surface area contributed by atoms with E-state index in [1.54, 1.807) is 30.3 Å². The average Bonchev–Trinajstić information content (AvgIpc) is 3.14. The number of nitrogens with zero attached hydrogens (tertiary/aromatic N) is 3. The summed E-state index contributed by atoms with van der Waals surface area (Å²) >= 11 is 16.8. The molecule has 0 radical (unpaired) electrons. The molecule has 1 heterocycles. The van der Waals surface area contributed by atoms with Gasteiger partial charge in [-0.15, -0.1) is 10.2 Å². The Kier molecular flexibility index (Phi) is 8.05. The van der Waals surface area contributed by atoms with Crippen molar-refractivity contribution in [3.05, 3.63) is 62.8 Å². The fourth-order valence-electron chi connectivity index (χ4n) is 2.69. The van der Waals surface area contributed by atoms with E-state index in [4.69, 9.17) is 27.9 Å². The van der Waals surface area contributed by atoms with Crippen molar-refractivity contribution >= 4 is 62.5 Å². The minimum atomic E-state index is -0.355. The normalized spacial score (nSPS) is 11.9. The molecular formula is C20H19BrCl2N4O2S. The molecule has 0 spiro atoms. The number of amides is 1. The maximum Gasteiger partial charge on any atom is 0.234 e. The van der Waals surface area contributed by atoms with Crippen LogP contribution in [0.3, 0.4) is 0 Å². The lowest BCUT2D eigenvalue weighted by molar-refractivity contribution is -0.113. The molecule has 0 saturated carbocycles. The zero-order chi connectivity index (χ0) is 21.7. The number of halogens is 3. The van der Waals surface area contributed by atoms with Crippen LogP contribution in [-0.4, -0.2) is 26.4 Å². The molecule has 30 heavy (non-hydrogen) atoms. The third kappa shape index (κ3) is 5.69. The van der Waals surface area contributed by atoms with Crippen LogP contribution in [0.2, 0.25) is 10.0 Å². The molecule has 6 nitrogen and oxygen atoms in total. The van der Waals surface area contributed by atoms with Gasteiger partial charge < -0.3 is 14.6 Å². The molecule has 0 unspecified atom stereocenters. The lowest BCUT2D eigenvalue weighted by atomic mass is 10.3. The van der Waals surface area contributed by atoms with E-state index in [2.05, 4.69) is 31.4 Å². The summed E-state index contributed by atoms with van der Waals surface area (Å²) in [6, 6.07) is 12.5. The van der Waals surface area contributed by atoms with Crippen LogP contribution in [0, 0.1) is 0 Å². The van der Waals surface area contributed by atoms with Gasteiger partial charge in [0.2, 0.25) is 5.91 Å². The molecule has 0 aliphatic carbocycles. The zero-order valence-corrected chi connectivity index (χ0v) is 20.1. The quantitative estimate of drug-likeness (QED) is 0.350. The van der Waals surface area contributed by atoms with E-state index in [1.807, 2.05) is 30.5 Å². The van der Waals surface area contributed by atoms with E-state index >= 15 is 0 Å². The van der Waals surface area contributed by atoms with Crippen molar-refractivity contribution in [2.45, 2.75) is 31.7 Å². The van der Waals surface area contributed by atoms with Gasteiger partial charge >= 0.3 is 0 Å². The number of hydrogen-bond donors (Lipinski definition) is 1. The van der Waals surface area contributed by atoms with E-state index in [9.17, 15) is 4.79 Å². The minimum absolute atomic E-state index is 0.151. The molecule has 3 aromatic rings. The molecule has 2 aromatic carbocycles. The van der Waals surface area contributed by atoms with Gasteiger partial charge in [0.25, 0.3) is 0 Å². The zero-order valence-electron chi connectivity index (χ0n) is 16.2. The summed E-state index contributed by atoms with van der Waals surface area (Å²) in [5, 5.41) is 13.1. The monoisotopic (exact) mass is 528 g/mol. The summed E-state index contributed by atoms with van der Waals surface area (Å²) in [4.78, 5) is 12.3. The van der Waals surface area contributed by atoms with Crippen molar-refractivity contribution in [3.63, 3.8) is 0 Å². The van der Waals surface area contributed by atoms with Crippen molar-refractivity contribution in [2.75, 3.05) is 11.1 Å². The summed E-state index contributed by atoms with van der Waals surface area (Å²) in [5.74, 6) is 1.29. The van der Waals surface area contributed by atoms with Crippen LogP contribution >= 0.6 is 50.9 Å². The van der Waals surface area contributed by atoms with Crippen molar-refractivity contribution in [1.82, 2.24) is 14.8 Å². The van der Waals surface area contributed by atoms with Crippen LogP contribution in [0.25, 0.3) is 0 Å². The predicted molar refractivity (Wildman–Crippen MR) is 125 cm³/mol. The van der Waals surface area contributed by atoms with Crippen LogP contribution in [0.4, 0.5) is 5.69 Å². The molecule has 0 fully saturated rings. The number of ether oxygens (including phenoxy) is 1. The van der Waals surface area contributed by atoms with Crippen molar-refractivity contribution in [2.24, 2.45) is 0 Å². The average molecular weight is 530 g/mol. The topological polar surface area (TPSA) is 69.0 Å². The summed E-state index contributed by atoms with van der Waals surface area (Å²) in [6.45, 7) is 4.52. The first kappa shape index (κ1) is 22.9. The largest absolute Gasteiger partial charge is 0.481 e. The third-order valence-electron chi connectivity index (χ3n) is 4.10. The lowest BCUT2D eigenvalue weighted by Crippen LogP contribution is -2.15. The number of nitrogens with one attached hydrogen (secondary N) is 1. The standard InChI is InChI=1S/C20H19BrCl2N4O2S/c1-3-27-19(12(2)29-17-7-5-4-6-16(17)23)25-26-20(27)30-11-18(28)24-13-8-9-15(22)14(21)10-13/h4-10,12H,3,11H2,1-2H3,(H,24,28)/t12-/m0/s1. The number of rotatable bonds is 8. The van der Waals surface area contributed by atoms with Crippen LogP contribution in [0.15, 0.2) is 52.1 Å². The van der Waals surface area contributed by atoms with E-state index in [1.165, 1.54) is 11.8 Å². The number of thioether (sulfide) groups is 1. The highest BCUT2D eigenvalue weighted by molar-refractivity contribution is 9.10. The number of benzene rings is 2. The van der Waals surface area contributed by atoms with Crippen molar-refractivity contribution < 1.29 is 9.53 Å². The number of carbonyl (C=O) groups is 1. The Morgan fingerprint density at radius 1 is 1.23 bits per heavy atom. The molecule has 0 aliphatic heterocycles. The van der Waals surface area contributed by atoms with E-state index in [0.717, 1.165) is 4.47 Å². The Labute approximate surface area is 197 Å². The number of para-hydroxylation sites is 1. The molecule has 1 aromatic heterocycles. The lowest BCUT2D eigenvalue weighted by Gasteiger charge is -2.16. The van der Waals surface area contributed by atoms with Gasteiger partial charge in [0.05, 0.1) is 15.8 Å². The first-order valence-electron chi connectivity index (χ1n) is 9.11. The van der Waals surface area contributed by atoms with Gasteiger partial charge in [-0.2, -0.15) is 0 Å². The maximum absolute atomic E-state index is 12.3. The summed E-state index contributed by atoms with van der Waals surface area (Å²) in [5.41, 5.74) is 0.663. The molecular weight excluding hydrogens is 511 g/mol. The molecule has 158 valence electrons. The molecule has 0 bridgehead atoms. The maximum atomic E-state index is 12.3. The van der Waals surface area contributed by atoms with Crippen LogP contribution in [-0.2, 0) is 11.3 Å². The highest BCUT2D eigenvalue weighted by atomic mass is 79.9. The number of aromatic nitrogens is 3. The number of hydrogen-bond acceptors (Lipinski definition) is 5. The van der Waals surface area contributed by atoms with Gasteiger partial charge in [0.1, 0.15) is 5.75 Å². The third-order valence-corrected chi connectivity index (χ3v) is 6.59. The van der Waals surface area contributed by atoms with Crippen molar-refractivity contribution in [3.8, 4) is 5.75 Å².